The molecule has 0 aromatic rings. The van der Waals surface area contributed by atoms with Gasteiger partial charge in [0.15, 0.2) is 0 Å². The monoisotopic (exact) mass is 204 g/mol. The van der Waals surface area contributed by atoms with E-state index in [2.05, 4.69) is 6.92 Å². The molecule has 0 spiro atoms. The van der Waals surface area contributed by atoms with E-state index in [9.17, 15) is 8.76 Å². The number of rotatable bonds is 4. The molecule has 0 N–H and O–H groups in total. The maximum atomic E-state index is 10.7. The number of nitrogens with zero attached hydrogens (tertiary/aromatic N) is 1. The maximum absolute atomic E-state index is 10.7. The van der Waals surface area contributed by atoms with Crippen molar-refractivity contribution in [1.82, 2.24) is 4.31 Å². The van der Waals surface area contributed by atoms with Crippen molar-refractivity contribution in [2.24, 2.45) is 5.92 Å². The molecule has 1 rings (SSSR count). The molecule has 4 heteroatoms. The van der Waals surface area contributed by atoms with Crippen LogP contribution in [0.2, 0.25) is 0 Å². The van der Waals surface area contributed by atoms with Crippen LogP contribution in [0.15, 0.2) is 0 Å². The van der Waals surface area contributed by atoms with E-state index in [1.54, 1.807) is 4.31 Å². The van der Waals surface area contributed by atoms with Gasteiger partial charge in [-0.05, 0) is 25.2 Å². The van der Waals surface area contributed by atoms with Crippen LogP contribution in [0.25, 0.3) is 0 Å². The number of hydrogen-bond acceptors (Lipinski definition) is 2. The second-order valence-corrected chi connectivity index (χ2v) is 4.71. The van der Waals surface area contributed by atoms with Crippen LogP contribution in [0.5, 0.6) is 0 Å². The number of unbranched alkanes of at least 4 members (excludes halogenated alkanes) is 1. The summed E-state index contributed by atoms with van der Waals surface area (Å²) in [6.07, 6.45) is 5.85. The molecule has 2 unspecified atom stereocenters. The van der Waals surface area contributed by atoms with Crippen molar-refractivity contribution in [3.8, 4) is 0 Å². The lowest BCUT2D eigenvalue weighted by molar-refractivity contribution is 0.247. The van der Waals surface area contributed by atoms with E-state index in [1.807, 2.05) is 0 Å². The molecule has 13 heavy (non-hydrogen) atoms. The summed E-state index contributed by atoms with van der Waals surface area (Å²) in [6, 6.07) is 0. The van der Waals surface area contributed by atoms with Gasteiger partial charge in [-0.3, -0.25) is 4.21 Å². The summed E-state index contributed by atoms with van der Waals surface area (Å²) in [5.41, 5.74) is 0. The van der Waals surface area contributed by atoms with Crippen LogP contribution in [0.4, 0.5) is 0 Å². The van der Waals surface area contributed by atoms with Gasteiger partial charge in [0.1, 0.15) is 0 Å². The highest BCUT2D eigenvalue weighted by molar-refractivity contribution is 7.76. The van der Waals surface area contributed by atoms with Crippen LogP contribution < -0.4 is 0 Å². The normalized spacial score (nSPS) is 27.4. The van der Waals surface area contributed by atoms with E-state index >= 15 is 0 Å². The largest absolute Gasteiger partial charge is 0.760 e. The minimum absolute atomic E-state index is 0.603. The van der Waals surface area contributed by atoms with Crippen molar-refractivity contribution in [3.05, 3.63) is 0 Å². The minimum Gasteiger partial charge on any atom is -0.760 e. The molecule has 0 bridgehead atoms. The number of hydrogen-bond donors (Lipinski definition) is 0. The van der Waals surface area contributed by atoms with E-state index in [0.717, 1.165) is 19.5 Å². The Balaban J connectivity index is 2.29. The molecule has 78 valence electrons. The molecule has 0 amide bonds. The molecule has 3 nitrogen and oxygen atoms in total. The van der Waals surface area contributed by atoms with Crippen molar-refractivity contribution in [3.63, 3.8) is 0 Å². The van der Waals surface area contributed by atoms with Crippen molar-refractivity contribution >= 4 is 11.3 Å². The van der Waals surface area contributed by atoms with Gasteiger partial charge in [0, 0.05) is 24.4 Å². The Labute approximate surface area is 82.9 Å². The summed E-state index contributed by atoms with van der Waals surface area (Å²) >= 11 is -1.99. The highest BCUT2D eigenvalue weighted by Gasteiger charge is 2.19. The zero-order chi connectivity index (χ0) is 9.68. The Morgan fingerprint density at radius 1 is 1.62 bits per heavy atom. The minimum atomic E-state index is -1.99. The van der Waals surface area contributed by atoms with E-state index in [-0.39, 0.29) is 0 Å². The van der Waals surface area contributed by atoms with Crippen LogP contribution in [0.1, 0.15) is 39.0 Å². The summed E-state index contributed by atoms with van der Waals surface area (Å²) in [4.78, 5) is 0. The molecule has 1 aliphatic heterocycles. The van der Waals surface area contributed by atoms with Crippen molar-refractivity contribution in [1.29, 1.82) is 0 Å². The molecule has 0 aliphatic carbocycles. The molecule has 1 saturated heterocycles. The van der Waals surface area contributed by atoms with Gasteiger partial charge in [0.2, 0.25) is 0 Å². The molecule has 1 aliphatic rings. The molecule has 0 saturated carbocycles. The lowest BCUT2D eigenvalue weighted by Crippen LogP contribution is -2.36. The Kier molecular flexibility index (Phi) is 4.91. The van der Waals surface area contributed by atoms with E-state index < -0.39 is 11.3 Å². The highest BCUT2D eigenvalue weighted by Crippen LogP contribution is 2.21. The molecule has 0 radical (unpaired) electrons. The second-order valence-electron chi connectivity index (χ2n) is 3.76. The third-order valence-electron chi connectivity index (χ3n) is 2.66. The van der Waals surface area contributed by atoms with Gasteiger partial charge in [-0.2, -0.15) is 0 Å². The third-order valence-corrected chi connectivity index (χ3v) is 3.41. The van der Waals surface area contributed by atoms with Gasteiger partial charge in [0.25, 0.3) is 0 Å². The van der Waals surface area contributed by atoms with Gasteiger partial charge < -0.3 is 4.55 Å². The zero-order valence-corrected chi connectivity index (χ0v) is 9.02. The topological polar surface area (TPSA) is 43.4 Å². The SMILES string of the molecule is CCCCC1CCCN(S(=O)[O-])C1. The van der Waals surface area contributed by atoms with Crippen LogP contribution >= 0.6 is 0 Å². The first-order valence-corrected chi connectivity index (χ1v) is 6.11. The first kappa shape index (κ1) is 11.1. The van der Waals surface area contributed by atoms with Crippen LogP contribution in [0, 0.1) is 5.92 Å². The predicted octanol–water partition coefficient (Wildman–Crippen LogP) is 1.68. The predicted molar refractivity (Wildman–Crippen MR) is 52.7 cm³/mol. The smallest absolute Gasteiger partial charge is 0.0209 e. The quantitative estimate of drug-likeness (QED) is 0.654. The molecular weight excluding hydrogens is 186 g/mol. The van der Waals surface area contributed by atoms with Crippen LogP contribution in [-0.2, 0) is 11.3 Å². The zero-order valence-electron chi connectivity index (χ0n) is 8.20. The van der Waals surface area contributed by atoms with E-state index in [4.69, 9.17) is 0 Å². The summed E-state index contributed by atoms with van der Waals surface area (Å²) in [5.74, 6) is 0.603. The van der Waals surface area contributed by atoms with Crippen molar-refractivity contribution in [2.75, 3.05) is 13.1 Å². The number of piperidine rings is 1. The Morgan fingerprint density at radius 3 is 3.00 bits per heavy atom. The van der Waals surface area contributed by atoms with Gasteiger partial charge >= 0.3 is 0 Å². The van der Waals surface area contributed by atoms with Gasteiger partial charge in [-0.15, -0.1) is 0 Å². The Hall–Kier alpha value is 0.0700. The molecule has 0 aromatic heterocycles. The molecule has 1 heterocycles. The maximum Gasteiger partial charge on any atom is 0.0209 e. The highest BCUT2D eigenvalue weighted by atomic mass is 32.2. The van der Waals surface area contributed by atoms with Crippen LogP contribution in [0.3, 0.4) is 0 Å². The van der Waals surface area contributed by atoms with Gasteiger partial charge in [-0.1, -0.05) is 19.8 Å². The second kappa shape index (κ2) is 5.73. The average molecular weight is 204 g/mol. The average Bonchev–Trinajstić information content (AvgIpc) is 2.15. The first-order valence-electron chi connectivity index (χ1n) is 5.08. The van der Waals surface area contributed by atoms with Crippen LogP contribution in [-0.4, -0.2) is 26.2 Å². The first-order chi connectivity index (χ1) is 6.24. The Bertz CT molecular complexity index is 175. The van der Waals surface area contributed by atoms with E-state index in [0.29, 0.717) is 5.92 Å². The fourth-order valence-corrected chi connectivity index (χ4v) is 2.50. The summed E-state index contributed by atoms with van der Waals surface area (Å²) in [7, 11) is 0. The lowest BCUT2D eigenvalue weighted by atomic mass is 9.94. The van der Waals surface area contributed by atoms with Crippen molar-refractivity contribution < 1.29 is 8.76 Å². The lowest BCUT2D eigenvalue weighted by Gasteiger charge is -2.33. The van der Waals surface area contributed by atoms with Gasteiger partial charge in [-0.25, -0.2) is 4.31 Å². The third kappa shape index (κ3) is 3.75. The Morgan fingerprint density at radius 2 is 2.38 bits per heavy atom. The molecule has 2 atom stereocenters. The van der Waals surface area contributed by atoms with E-state index in [1.165, 1.54) is 25.7 Å². The fourth-order valence-electron chi connectivity index (χ4n) is 1.89. The molecule has 0 aromatic carbocycles. The fraction of sp³-hybridized carbons (Fsp3) is 1.00. The molecular formula is C9H18NO2S-. The summed E-state index contributed by atoms with van der Waals surface area (Å²) < 4.78 is 23.0. The van der Waals surface area contributed by atoms with Gasteiger partial charge in [0.05, 0.1) is 0 Å². The van der Waals surface area contributed by atoms with Crippen molar-refractivity contribution in [2.45, 2.75) is 39.0 Å². The summed E-state index contributed by atoms with van der Waals surface area (Å²) in [5, 5.41) is 0. The summed E-state index contributed by atoms with van der Waals surface area (Å²) in [6.45, 7) is 3.64. The molecule has 1 fully saturated rings. The standard InChI is InChI=1S/C9H19NO2S/c1-2-3-5-9-6-4-7-10(8-9)13(11)12/h9H,2-8H2,1H3,(H,11,12)/p-1.